The second-order valence-electron chi connectivity index (χ2n) is 2.53. The van der Waals surface area contributed by atoms with Gasteiger partial charge in [0.25, 0.3) is 0 Å². The summed E-state index contributed by atoms with van der Waals surface area (Å²) in [5.74, 6) is -0.329. The van der Waals surface area contributed by atoms with E-state index in [1.165, 1.54) is 24.2 Å². The quantitative estimate of drug-likeness (QED) is 0.589. The van der Waals surface area contributed by atoms with E-state index in [2.05, 4.69) is 9.72 Å². The van der Waals surface area contributed by atoms with Gasteiger partial charge < -0.3 is 20.1 Å². The molecule has 0 aliphatic carbocycles. The molecule has 0 spiro atoms. The van der Waals surface area contributed by atoms with E-state index in [0.29, 0.717) is 5.82 Å². The van der Waals surface area contributed by atoms with Gasteiger partial charge in [-0.2, -0.15) is 0 Å². The van der Waals surface area contributed by atoms with Crippen LogP contribution >= 0.6 is 0 Å². The number of hydrogen-bond acceptors (Lipinski definition) is 5. The van der Waals surface area contributed by atoms with Gasteiger partial charge in [0.2, 0.25) is 0 Å². The van der Waals surface area contributed by atoms with Gasteiger partial charge in [0, 0.05) is 6.20 Å². The molecule has 0 saturated carbocycles. The molecule has 0 bridgehead atoms. The number of aliphatic hydroxyl groups excluding tert-OH is 1. The highest BCUT2D eigenvalue weighted by atomic mass is 16.5. The van der Waals surface area contributed by atoms with Crippen LogP contribution in [-0.2, 0) is 16.1 Å². The Morgan fingerprint density at radius 1 is 1.92 bits per heavy atom. The highest BCUT2D eigenvalue weighted by molar-refractivity contribution is 5.74. The number of anilines is 1. The molecule has 1 aromatic heterocycles. The molecule has 1 atom stereocenters. The first-order chi connectivity index (χ1) is 6.13. The summed E-state index contributed by atoms with van der Waals surface area (Å²) in [6.45, 7) is 0.0941. The van der Waals surface area contributed by atoms with Gasteiger partial charge in [-0.1, -0.05) is 0 Å². The van der Waals surface area contributed by atoms with Gasteiger partial charge in [0.15, 0.2) is 6.10 Å². The van der Waals surface area contributed by atoms with Crippen LogP contribution in [-0.4, -0.2) is 33.8 Å². The average Bonchev–Trinajstić information content (AvgIpc) is 2.49. The number of esters is 1. The Hall–Kier alpha value is -1.56. The summed E-state index contributed by atoms with van der Waals surface area (Å²) >= 11 is 0. The van der Waals surface area contributed by atoms with Crippen LogP contribution in [0.15, 0.2) is 12.5 Å². The van der Waals surface area contributed by atoms with Crippen LogP contribution in [0.1, 0.15) is 0 Å². The number of carbonyl (C=O) groups excluding carboxylic acids is 1. The molecule has 0 saturated heterocycles. The van der Waals surface area contributed by atoms with Crippen LogP contribution in [0.5, 0.6) is 0 Å². The number of nitrogen functional groups attached to an aromatic ring is 1. The molecular weight excluding hydrogens is 174 g/mol. The molecule has 1 aromatic rings. The van der Waals surface area contributed by atoms with Gasteiger partial charge >= 0.3 is 5.97 Å². The van der Waals surface area contributed by atoms with Gasteiger partial charge in [-0.25, -0.2) is 9.78 Å². The molecule has 1 rings (SSSR count). The largest absolute Gasteiger partial charge is 0.467 e. The molecule has 13 heavy (non-hydrogen) atoms. The highest BCUT2D eigenvalue weighted by Crippen LogP contribution is 1.99. The SMILES string of the molecule is COC(=O)C(O)Cn1cnc(N)c1. The number of nitrogens with zero attached hydrogens (tertiary/aromatic N) is 2. The first-order valence-electron chi connectivity index (χ1n) is 3.66. The third-order valence-corrected chi connectivity index (χ3v) is 1.51. The zero-order valence-corrected chi connectivity index (χ0v) is 7.17. The van der Waals surface area contributed by atoms with Crippen LogP contribution in [0, 0.1) is 0 Å². The summed E-state index contributed by atoms with van der Waals surface area (Å²) < 4.78 is 5.85. The van der Waals surface area contributed by atoms with E-state index in [-0.39, 0.29) is 6.54 Å². The molecule has 1 unspecified atom stereocenters. The molecule has 0 aromatic carbocycles. The number of imidazole rings is 1. The zero-order chi connectivity index (χ0) is 9.84. The van der Waals surface area contributed by atoms with E-state index >= 15 is 0 Å². The number of aliphatic hydroxyl groups is 1. The van der Waals surface area contributed by atoms with Gasteiger partial charge in [-0.15, -0.1) is 0 Å². The first-order valence-corrected chi connectivity index (χ1v) is 3.66. The monoisotopic (exact) mass is 185 g/mol. The van der Waals surface area contributed by atoms with E-state index < -0.39 is 12.1 Å². The highest BCUT2D eigenvalue weighted by Gasteiger charge is 2.15. The lowest BCUT2D eigenvalue weighted by molar-refractivity contribution is -0.151. The summed E-state index contributed by atoms with van der Waals surface area (Å²) in [6.07, 6.45) is 1.77. The Morgan fingerprint density at radius 2 is 2.62 bits per heavy atom. The Balaban J connectivity index is 2.54. The van der Waals surface area contributed by atoms with Gasteiger partial charge in [-0.05, 0) is 0 Å². The second kappa shape index (κ2) is 3.90. The molecule has 1 heterocycles. The lowest BCUT2D eigenvalue weighted by Crippen LogP contribution is -2.26. The van der Waals surface area contributed by atoms with Crippen molar-refractivity contribution in [2.24, 2.45) is 0 Å². The van der Waals surface area contributed by atoms with Crippen LogP contribution in [0.3, 0.4) is 0 Å². The molecule has 72 valence electrons. The number of ether oxygens (including phenoxy) is 1. The molecule has 6 heteroatoms. The van der Waals surface area contributed by atoms with E-state index in [9.17, 15) is 9.90 Å². The van der Waals surface area contributed by atoms with E-state index in [1.54, 1.807) is 0 Å². The van der Waals surface area contributed by atoms with Crippen LogP contribution in [0.2, 0.25) is 0 Å². The Kier molecular flexibility index (Phi) is 2.86. The topological polar surface area (TPSA) is 90.4 Å². The molecule has 3 N–H and O–H groups in total. The lowest BCUT2D eigenvalue weighted by atomic mass is 10.3. The van der Waals surface area contributed by atoms with Crippen LogP contribution < -0.4 is 5.73 Å². The van der Waals surface area contributed by atoms with Crippen molar-refractivity contribution in [1.82, 2.24) is 9.55 Å². The van der Waals surface area contributed by atoms with Crippen LogP contribution in [0.25, 0.3) is 0 Å². The van der Waals surface area contributed by atoms with Crippen molar-refractivity contribution in [1.29, 1.82) is 0 Å². The Morgan fingerprint density at radius 3 is 3.08 bits per heavy atom. The van der Waals surface area contributed by atoms with Crippen molar-refractivity contribution in [2.75, 3.05) is 12.8 Å². The normalized spacial score (nSPS) is 12.5. The molecule has 0 radical (unpaired) electrons. The van der Waals surface area contributed by atoms with Gasteiger partial charge in [0.1, 0.15) is 5.82 Å². The fourth-order valence-electron chi connectivity index (χ4n) is 0.887. The molecular formula is C7H11N3O3. The maximum absolute atomic E-state index is 10.8. The number of nitrogens with two attached hydrogens (primary N) is 1. The zero-order valence-electron chi connectivity index (χ0n) is 7.17. The van der Waals surface area contributed by atoms with Gasteiger partial charge in [-0.3, -0.25) is 0 Å². The minimum absolute atomic E-state index is 0.0941. The second-order valence-corrected chi connectivity index (χ2v) is 2.53. The number of hydrogen-bond donors (Lipinski definition) is 2. The lowest BCUT2D eigenvalue weighted by Gasteiger charge is -2.07. The fraction of sp³-hybridized carbons (Fsp3) is 0.429. The van der Waals surface area contributed by atoms with Crippen molar-refractivity contribution < 1.29 is 14.6 Å². The first kappa shape index (κ1) is 9.53. The van der Waals surface area contributed by atoms with Crippen molar-refractivity contribution in [3.05, 3.63) is 12.5 Å². The third kappa shape index (κ3) is 2.45. The summed E-state index contributed by atoms with van der Waals surface area (Å²) in [6, 6.07) is 0. The minimum atomic E-state index is -1.18. The van der Waals surface area contributed by atoms with E-state index in [1.807, 2.05) is 0 Å². The summed E-state index contributed by atoms with van der Waals surface area (Å²) in [7, 11) is 1.22. The maximum atomic E-state index is 10.8. The van der Waals surface area contributed by atoms with Crippen molar-refractivity contribution >= 4 is 11.8 Å². The number of aromatic nitrogens is 2. The third-order valence-electron chi connectivity index (χ3n) is 1.51. The van der Waals surface area contributed by atoms with Crippen molar-refractivity contribution in [2.45, 2.75) is 12.6 Å². The van der Waals surface area contributed by atoms with E-state index in [4.69, 9.17) is 5.73 Å². The maximum Gasteiger partial charge on any atom is 0.336 e. The summed E-state index contributed by atoms with van der Waals surface area (Å²) in [5, 5.41) is 9.22. The van der Waals surface area contributed by atoms with Gasteiger partial charge in [0.05, 0.1) is 20.0 Å². The number of rotatable bonds is 3. The van der Waals surface area contributed by atoms with E-state index in [0.717, 1.165) is 0 Å². The fourth-order valence-corrected chi connectivity index (χ4v) is 0.887. The Bertz CT molecular complexity index is 297. The Labute approximate surface area is 74.9 Å². The van der Waals surface area contributed by atoms with Crippen molar-refractivity contribution in [3.63, 3.8) is 0 Å². The van der Waals surface area contributed by atoms with Crippen molar-refractivity contribution in [3.8, 4) is 0 Å². The molecule has 6 nitrogen and oxygen atoms in total. The number of methoxy groups -OCH3 is 1. The molecule has 0 amide bonds. The van der Waals surface area contributed by atoms with Crippen LogP contribution in [0.4, 0.5) is 5.82 Å². The number of carbonyl (C=O) groups is 1. The predicted molar refractivity (Wildman–Crippen MR) is 44.7 cm³/mol. The minimum Gasteiger partial charge on any atom is -0.467 e. The standard InChI is InChI=1S/C7H11N3O3/c1-13-7(12)5(11)2-10-3-6(8)9-4-10/h3-5,11H,2,8H2,1H3. The molecule has 0 aliphatic heterocycles. The summed E-state index contributed by atoms with van der Waals surface area (Å²) in [4.78, 5) is 14.5. The average molecular weight is 185 g/mol. The molecule has 0 aliphatic rings. The smallest absolute Gasteiger partial charge is 0.336 e. The molecule has 0 fully saturated rings. The summed E-state index contributed by atoms with van der Waals surface area (Å²) in [5.41, 5.74) is 5.33. The predicted octanol–water partition coefficient (Wildman–Crippen LogP) is -1.00.